The van der Waals surface area contributed by atoms with E-state index in [0.717, 1.165) is 9.35 Å². The molecule has 1 aromatic carbocycles. The normalized spacial score (nSPS) is 10.3. The number of rotatable bonds is 4. The molecule has 0 saturated carbocycles. The number of benzene rings is 1. The van der Waals surface area contributed by atoms with Crippen molar-refractivity contribution >= 4 is 50.6 Å². The molecule has 1 heterocycles. The molecule has 3 nitrogen and oxygen atoms in total. The maximum Gasteiger partial charge on any atom is 0.310 e. The zero-order chi connectivity index (χ0) is 14.7. The Morgan fingerprint density at radius 1 is 1.30 bits per heavy atom. The first kappa shape index (κ1) is 15.2. The van der Waals surface area contributed by atoms with Gasteiger partial charge >= 0.3 is 5.97 Å². The summed E-state index contributed by atoms with van der Waals surface area (Å²) >= 11 is 10.6. The zero-order valence-corrected chi connectivity index (χ0v) is 13.6. The lowest BCUT2D eigenvalue weighted by Crippen LogP contribution is -2.02. The number of ketones is 1. The van der Waals surface area contributed by atoms with Crippen LogP contribution in [0.2, 0.25) is 5.02 Å². The fourth-order valence-electron chi connectivity index (χ4n) is 1.61. The fraction of sp³-hybridized carbons (Fsp3) is 0.143. The van der Waals surface area contributed by atoms with Crippen LogP contribution in [-0.4, -0.2) is 18.9 Å². The molecule has 0 saturated heterocycles. The summed E-state index contributed by atoms with van der Waals surface area (Å²) in [5, 5.41) is 0.404. The molecular formula is C14H10BrClO3S. The molecule has 0 radical (unpaired) electrons. The van der Waals surface area contributed by atoms with Crippen molar-refractivity contribution in [1.82, 2.24) is 0 Å². The first-order valence-electron chi connectivity index (χ1n) is 5.66. The van der Waals surface area contributed by atoms with Crippen molar-refractivity contribution < 1.29 is 14.3 Å². The average Bonchev–Trinajstić information content (AvgIpc) is 2.89. The lowest BCUT2D eigenvalue weighted by molar-refractivity contribution is -0.139. The van der Waals surface area contributed by atoms with Crippen LogP contribution in [-0.2, 0) is 16.0 Å². The number of carbonyl (C=O) groups is 2. The number of thiophene rings is 1. The summed E-state index contributed by atoms with van der Waals surface area (Å²) in [6.07, 6.45) is 0.167. The van der Waals surface area contributed by atoms with Crippen LogP contribution in [0.1, 0.15) is 20.1 Å². The van der Waals surface area contributed by atoms with Crippen LogP contribution in [0.15, 0.2) is 34.8 Å². The van der Waals surface area contributed by atoms with Gasteiger partial charge in [-0.25, -0.2) is 0 Å². The minimum absolute atomic E-state index is 0.155. The van der Waals surface area contributed by atoms with E-state index in [-0.39, 0.29) is 18.2 Å². The van der Waals surface area contributed by atoms with E-state index in [4.69, 9.17) is 11.6 Å². The molecule has 2 aromatic rings. The van der Waals surface area contributed by atoms with Gasteiger partial charge in [-0.05, 0) is 30.3 Å². The first-order chi connectivity index (χ1) is 9.51. The number of methoxy groups -OCH3 is 1. The van der Waals surface area contributed by atoms with Crippen molar-refractivity contribution in [3.63, 3.8) is 0 Å². The second kappa shape index (κ2) is 6.52. The van der Waals surface area contributed by atoms with Gasteiger partial charge in [0.05, 0.1) is 23.4 Å². The van der Waals surface area contributed by atoms with Crippen LogP contribution in [0.25, 0.3) is 0 Å². The third kappa shape index (κ3) is 3.48. The largest absolute Gasteiger partial charge is 0.469 e. The van der Waals surface area contributed by atoms with Gasteiger partial charge in [0.2, 0.25) is 5.78 Å². The second-order valence-electron chi connectivity index (χ2n) is 3.97. The first-order valence-corrected chi connectivity index (χ1v) is 7.65. The van der Waals surface area contributed by atoms with Gasteiger partial charge in [-0.3, -0.25) is 9.59 Å². The molecule has 0 bridgehead atoms. The van der Waals surface area contributed by atoms with Gasteiger partial charge in [0, 0.05) is 14.9 Å². The number of esters is 1. The maximum atomic E-state index is 12.4. The minimum atomic E-state index is -0.327. The molecule has 0 aliphatic carbocycles. The second-order valence-corrected chi connectivity index (χ2v) is 6.46. The molecular weight excluding hydrogens is 364 g/mol. The topological polar surface area (TPSA) is 43.4 Å². The molecule has 0 unspecified atom stereocenters. The Bertz CT molecular complexity index is 666. The van der Waals surface area contributed by atoms with Crippen molar-refractivity contribution in [2.75, 3.05) is 7.11 Å². The third-order valence-electron chi connectivity index (χ3n) is 2.60. The Labute approximate surface area is 133 Å². The number of halogens is 2. The van der Waals surface area contributed by atoms with Gasteiger partial charge in [-0.15, -0.1) is 11.3 Å². The highest BCUT2D eigenvalue weighted by Crippen LogP contribution is 2.27. The predicted octanol–water partition coefficient (Wildman–Crippen LogP) is 4.11. The Kier molecular flexibility index (Phi) is 4.96. The summed E-state index contributed by atoms with van der Waals surface area (Å²) in [7, 11) is 1.34. The number of hydrogen-bond donors (Lipinski definition) is 0. The van der Waals surface area contributed by atoms with E-state index in [1.54, 1.807) is 30.3 Å². The summed E-state index contributed by atoms with van der Waals surface area (Å²) in [6, 6.07) is 8.58. The van der Waals surface area contributed by atoms with E-state index >= 15 is 0 Å². The molecule has 6 heteroatoms. The smallest absolute Gasteiger partial charge is 0.310 e. The monoisotopic (exact) mass is 372 g/mol. The molecule has 0 aliphatic heterocycles. The average molecular weight is 374 g/mol. The van der Waals surface area contributed by atoms with Crippen molar-refractivity contribution in [2.45, 2.75) is 6.42 Å². The number of ether oxygens (including phenoxy) is 1. The zero-order valence-electron chi connectivity index (χ0n) is 10.5. The van der Waals surface area contributed by atoms with E-state index < -0.39 is 0 Å². The summed E-state index contributed by atoms with van der Waals surface area (Å²) in [6.45, 7) is 0. The van der Waals surface area contributed by atoms with Crippen LogP contribution < -0.4 is 0 Å². The number of hydrogen-bond acceptors (Lipinski definition) is 4. The van der Waals surface area contributed by atoms with Crippen molar-refractivity contribution in [3.05, 3.63) is 55.1 Å². The molecule has 0 aliphatic rings. The van der Waals surface area contributed by atoms with Crippen LogP contribution >= 0.6 is 38.9 Å². The number of carbonyl (C=O) groups excluding carboxylic acids is 2. The Morgan fingerprint density at radius 2 is 2.05 bits per heavy atom. The van der Waals surface area contributed by atoms with Crippen LogP contribution in [0.3, 0.4) is 0 Å². The molecule has 0 N–H and O–H groups in total. The highest BCUT2D eigenvalue weighted by Gasteiger charge is 2.16. The molecule has 1 aromatic heterocycles. The molecule has 0 fully saturated rings. The fourth-order valence-corrected chi connectivity index (χ4v) is 3.13. The summed E-state index contributed by atoms with van der Waals surface area (Å²) in [4.78, 5) is 24.9. The van der Waals surface area contributed by atoms with Crippen LogP contribution in [0, 0.1) is 0 Å². The predicted molar refractivity (Wildman–Crippen MR) is 82.6 cm³/mol. The van der Waals surface area contributed by atoms with Gasteiger partial charge in [0.15, 0.2) is 0 Å². The van der Waals surface area contributed by atoms with Gasteiger partial charge in [-0.1, -0.05) is 27.5 Å². The SMILES string of the molecule is COC(=O)Cc1ccc(C(=O)c2cc(Br)ccc2Cl)s1. The van der Waals surface area contributed by atoms with E-state index in [1.165, 1.54) is 18.4 Å². The Morgan fingerprint density at radius 3 is 2.75 bits per heavy atom. The minimum Gasteiger partial charge on any atom is -0.469 e. The van der Waals surface area contributed by atoms with Gasteiger partial charge in [-0.2, -0.15) is 0 Å². The third-order valence-corrected chi connectivity index (χ3v) is 4.51. The Hall–Kier alpha value is -1.17. The van der Waals surface area contributed by atoms with E-state index in [0.29, 0.717) is 15.5 Å². The summed E-state index contributed by atoms with van der Waals surface area (Å²) in [5.41, 5.74) is 0.438. The quantitative estimate of drug-likeness (QED) is 0.598. The molecule has 2 rings (SSSR count). The molecule has 0 amide bonds. The van der Waals surface area contributed by atoms with Gasteiger partial charge in [0.25, 0.3) is 0 Å². The molecule has 20 heavy (non-hydrogen) atoms. The lowest BCUT2D eigenvalue weighted by atomic mass is 10.1. The van der Waals surface area contributed by atoms with Crippen molar-refractivity contribution in [2.24, 2.45) is 0 Å². The molecule has 0 atom stereocenters. The van der Waals surface area contributed by atoms with Gasteiger partial charge < -0.3 is 4.74 Å². The highest BCUT2D eigenvalue weighted by molar-refractivity contribution is 9.10. The van der Waals surface area contributed by atoms with Crippen molar-refractivity contribution in [3.8, 4) is 0 Å². The van der Waals surface area contributed by atoms with E-state index in [2.05, 4.69) is 20.7 Å². The van der Waals surface area contributed by atoms with Crippen molar-refractivity contribution in [1.29, 1.82) is 0 Å². The van der Waals surface area contributed by atoms with Crippen LogP contribution in [0.5, 0.6) is 0 Å². The highest BCUT2D eigenvalue weighted by atomic mass is 79.9. The summed E-state index contributed by atoms with van der Waals surface area (Å²) < 4.78 is 5.39. The molecule has 0 spiro atoms. The van der Waals surface area contributed by atoms with E-state index in [9.17, 15) is 9.59 Å². The maximum absolute atomic E-state index is 12.4. The van der Waals surface area contributed by atoms with E-state index in [1.807, 2.05) is 0 Å². The molecule has 104 valence electrons. The van der Waals surface area contributed by atoms with Gasteiger partial charge in [0.1, 0.15) is 0 Å². The van der Waals surface area contributed by atoms with Crippen LogP contribution in [0.4, 0.5) is 0 Å². The lowest BCUT2D eigenvalue weighted by Gasteiger charge is -2.02. The Balaban J connectivity index is 2.25. The standard InChI is InChI=1S/C14H10BrClO3S/c1-19-13(17)7-9-3-5-12(20-9)14(18)10-6-8(15)2-4-11(10)16/h2-6H,7H2,1H3. The summed E-state index contributed by atoms with van der Waals surface area (Å²) in [5.74, 6) is -0.483.